The van der Waals surface area contributed by atoms with Gasteiger partial charge in [-0.05, 0) is 23.4 Å². The molecular formula is C16H17N3O2. The van der Waals surface area contributed by atoms with E-state index < -0.39 is 5.97 Å². The second-order valence-electron chi connectivity index (χ2n) is 5.09. The summed E-state index contributed by atoms with van der Waals surface area (Å²) in [7, 11) is 1.77. The average molecular weight is 283 g/mol. The Morgan fingerprint density at radius 3 is 2.86 bits per heavy atom. The number of aromatic nitrogens is 3. The van der Waals surface area contributed by atoms with Crippen LogP contribution in [-0.4, -0.2) is 25.4 Å². The third-order valence-electron chi connectivity index (χ3n) is 3.87. The molecule has 0 aliphatic rings. The molecule has 21 heavy (non-hydrogen) atoms. The number of para-hydroxylation sites is 1. The van der Waals surface area contributed by atoms with Crippen LogP contribution in [0.4, 0.5) is 0 Å². The van der Waals surface area contributed by atoms with Crippen molar-refractivity contribution in [1.82, 2.24) is 14.3 Å². The minimum atomic E-state index is -0.940. The van der Waals surface area contributed by atoms with Crippen molar-refractivity contribution in [1.29, 1.82) is 0 Å². The van der Waals surface area contributed by atoms with Crippen LogP contribution in [0, 0.1) is 0 Å². The van der Waals surface area contributed by atoms with Crippen molar-refractivity contribution < 1.29 is 9.90 Å². The van der Waals surface area contributed by atoms with E-state index in [1.807, 2.05) is 6.20 Å². The standard InChI is InChI=1S/C16H17N3O2/c1-3-11-5-4-6-12-7-8-19(15(11)12)10-14-13(16(20)21)9-17-18(14)2/h4-9H,3,10H2,1-2H3,(H,20,21). The van der Waals surface area contributed by atoms with Crippen molar-refractivity contribution in [2.45, 2.75) is 19.9 Å². The lowest BCUT2D eigenvalue weighted by atomic mass is 10.1. The smallest absolute Gasteiger partial charge is 0.339 e. The zero-order valence-electron chi connectivity index (χ0n) is 12.1. The molecule has 5 heteroatoms. The number of aromatic carboxylic acids is 1. The van der Waals surface area contributed by atoms with Crippen LogP contribution in [0.15, 0.2) is 36.7 Å². The lowest BCUT2D eigenvalue weighted by Crippen LogP contribution is -2.10. The quantitative estimate of drug-likeness (QED) is 0.800. The van der Waals surface area contributed by atoms with Crippen molar-refractivity contribution in [3.63, 3.8) is 0 Å². The van der Waals surface area contributed by atoms with Crippen LogP contribution < -0.4 is 0 Å². The number of carboxylic acid groups (broad SMARTS) is 1. The lowest BCUT2D eigenvalue weighted by molar-refractivity contribution is 0.0695. The van der Waals surface area contributed by atoms with Gasteiger partial charge in [0.05, 0.1) is 24.0 Å². The first-order valence-corrected chi connectivity index (χ1v) is 6.92. The van der Waals surface area contributed by atoms with Gasteiger partial charge in [0, 0.05) is 13.2 Å². The molecule has 2 aromatic heterocycles. The van der Waals surface area contributed by atoms with Crippen molar-refractivity contribution in [3.05, 3.63) is 53.5 Å². The SMILES string of the molecule is CCc1cccc2ccn(Cc3c(C(=O)O)cnn3C)c12. The number of fused-ring (bicyclic) bond motifs is 1. The fourth-order valence-corrected chi connectivity index (χ4v) is 2.75. The van der Waals surface area contributed by atoms with Crippen LogP contribution in [0.5, 0.6) is 0 Å². The highest BCUT2D eigenvalue weighted by molar-refractivity contribution is 5.89. The van der Waals surface area contributed by atoms with Crippen molar-refractivity contribution >= 4 is 16.9 Å². The third kappa shape index (κ3) is 2.20. The molecule has 0 fully saturated rings. The third-order valence-corrected chi connectivity index (χ3v) is 3.87. The average Bonchev–Trinajstić information content (AvgIpc) is 3.04. The van der Waals surface area contributed by atoms with Crippen molar-refractivity contribution in [2.24, 2.45) is 7.05 Å². The van der Waals surface area contributed by atoms with Gasteiger partial charge in [0.15, 0.2) is 0 Å². The van der Waals surface area contributed by atoms with E-state index in [2.05, 4.69) is 40.9 Å². The monoisotopic (exact) mass is 283 g/mol. The molecule has 0 atom stereocenters. The number of carboxylic acids is 1. The number of aryl methyl sites for hydroxylation is 2. The van der Waals surface area contributed by atoms with E-state index >= 15 is 0 Å². The first-order valence-electron chi connectivity index (χ1n) is 6.92. The summed E-state index contributed by atoms with van der Waals surface area (Å²) >= 11 is 0. The molecule has 0 aliphatic carbocycles. The van der Waals surface area contributed by atoms with Gasteiger partial charge in [-0.2, -0.15) is 5.10 Å². The molecule has 0 unspecified atom stereocenters. The van der Waals surface area contributed by atoms with Crippen LogP contribution in [0.1, 0.15) is 28.5 Å². The summed E-state index contributed by atoms with van der Waals surface area (Å²) in [5.74, 6) is -0.940. The van der Waals surface area contributed by atoms with Gasteiger partial charge in [-0.25, -0.2) is 4.79 Å². The fraction of sp³-hybridized carbons (Fsp3) is 0.250. The molecule has 0 radical (unpaired) electrons. The van der Waals surface area contributed by atoms with E-state index in [9.17, 15) is 9.90 Å². The molecule has 0 saturated heterocycles. The maximum atomic E-state index is 11.3. The number of hydrogen-bond acceptors (Lipinski definition) is 2. The topological polar surface area (TPSA) is 60.1 Å². The summed E-state index contributed by atoms with van der Waals surface area (Å²) < 4.78 is 3.72. The Balaban J connectivity index is 2.11. The van der Waals surface area contributed by atoms with Crippen LogP contribution >= 0.6 is 0 Å². The van der Waals surface area contributed by atoms with Gasteiger partial charge in [0.1, 0.15) is 5.56 Å². The Kier molecular flexibility index (Phi) is 3.25. The van der Waals surface area contributed by atoms with E-state index in [1.165, 1.54) is 17.1 Å². The largest absolute Gasteiger partial charge is 0.478 e. The van der Waals surface area contributed by atoms with Crippen molar-refractivity contribution in [3.8, 4) is 0 Å². The predicted octanol–water partition coefficient (Wildman–Crippen LogP) is 2.68. The van der Waals surface area contributed by atoms with Gasteiger partial charge >= 0.3 is 5.97 Å². The van der Waals surface area contributed by atoms with Crippen LogP contribution in [0.25, 0.3) is 10.9 Å². The Morgan fingerprint density at radius 2 is 2.14 bits per heavy atom. The van der Waals surface area contributed by atoms with Gasteiger partial charge in [-0.3, -0.25) is 4.68 Å². The van der Waals surface area contributed by atoms with E-state index in [0.717, 1.165) is 11.9 Å². The Labute approximate surface area is 122 Å². The molecule has 3 aromatic rings. The maximum Gasteiger partial charge on any atom is 0.339 e. The number of carbonyl (C=O) groups is 1. The van der Waals surface area contributed by atoms with E-state index in [1.54, 1.807) is 11.7 Å². The highest BCUT2D eigenvalue weighted by Crippen LogP contribution is 2.22. The predicted molar refractivity (Wildman–Crippen MR) is 80.6 cm³/mol. The first-order chi connectivity index (χ1) is 10.1. The highest BCUT2D eigenvalue weighted by atomic mass is 16.4. The molecule has 2 heterocycles. The summed E-state index contributed by atoms with van der Waals surface area (Å²) in [6.45, 7) is 2.62. The molecule has 3 rings (SSSR count). The van der Waals surface area contributed by atoms with Crippen LogP contribution in [0.3, 0.4) is 0 Å². The molecule has 0 aliphatic heterocycles. The molecule has 0 saturated carbocycles. The second kappa shape index (κ2) is 5.09. The number of hydrogen-bond donors (Lipinski definition) is 1. The number of benzene rings is 1. The molecule has 1 N–H and O–H groups in total. The van der Waals surface area contributed by atoms with Gasteiger partial charge in [-0.1, -0.05) is 25.1 Å². The molecule has 0 bridgehead atoms. The molecule has 5 nitrogen and oxygen atoms in total. The van der Waals surface area contributed by atoms with E-state index in [0.29, 0.717) is 12.2 Å². The molecule has 0 amide bonds. The zero-order valence-corrected chi connectivity index (χ0v) is 12.1. The van der Waals surface area contributed by atoms with Gasteiger partial charge in [0.25, 0.3) is 0 Å². The van der Waals surface area contributed by atoms with Gasteiger partial charge in [-0.15, -0.1) is 0 Å². The summed E-state index contributed by atoms with van der Waals surface area (Å²) in [5.41, 5.74) is 3.38. The van der Waals surface area contributed by atoms with Crippen molar-refractivity contribution in [2.75, 3.05) is 0 Å². The van der Waals surface area contributed by atoms with Crippen LogP contribution in [-0.2, 0) is 20.0 Å². The highest BCUT2D eigenvalue weighted by Gasteiger charge is 2.16. The van der Waals surface area contributed by atoms with Gasteiger partial charge in [0.2, 0.25) is 0 Å². The summed E-state index contributed by atoms with van der Waals surface area (Å²) in [4.78, 5) is 11.3. The molecule has 108 valence electrons. The van der Waals surface area contributed by atoms with Crippen LogP contribution in [0.2, 0.25) is 0 Å². The molecular weight excluding hydrogens is 266 g/mol. The minimum absolute atomic E-state index is 0.258. The Morgan fingerprint density at radius 1 is 1.33 bits per heavy atom. The molecule has 0 spiro atoms. The van der Waals surface area contributed by atoms with Gasteiger partial charge < -0.3 is 9.67 Å². The summed E-state index contributed by atoms with van der Waals surface area (Å²) in [6.07, 6.45) is 4.35. The summed E-state index contributed by atoms with van der Waals surface area (Å²) in [6, 6.07) is 8.30. The maximum absolute atomic E-state index is 11.3. The zero-order chi connectivity index (χ0) is 15.0. The Bertz CT molecular complexity index is 814. The first kappa shape index (κ1) is 13.4. The second-order valence-corrected chi connectivity index (χ2v) is 5.09. The Hall–Kier alpha value is -2.56. The normalized spacial score (nSPS) is 11.1. The lowest BCUT2D eigenvalue weighted by Gasteiger charge is -2.10. The van der Waals surface area contributed by atoms with E-state index in [4.69, 9.17) is 0 Å². The molecule has 1 aromatic carbocycles. The number of rotatable bonds is 4. The minimum Gasteiger partial charge on any atom is -0.478 e. The number of nitrogens with zero attached hydrogens (tertiary/aromatic N) is 3. The van der Waals surface area contributed by atoms with E-state index in [-0.39, 0.29) is 5.56 Å². The fourth-order valence-electron chi connectivity index (χ4n) is 2.75. The summed E-state index contributed by atoms with van der Waals surface area (Å²) in [5, 5.41) is 14.5.